The molecular weight excluding hydrogens is 294 g/mol. The first-order valence-corrected chi connectivity index (χ1v) is 9.19. The molecular formula is C14H15NO3S2. The van der Waals surface area contributed by atoms with E-state index >= 15 is 0 Å². The summed E-state index contributed by atoms with van der Waals surface area (Å²) in [5.74, 6) is 0.349. The van der Waals surface area contributed by atoms with Gasteiger partial charge in [-0.15, -0.1) is 11.3 Å². The predicted octanol–water partition coefficient (Wildman–Crippen LogP) is 2.07. The average molecular weight is 309 g/mol. The monoisotopic (exact) mass is 309 g/mol. The molecule has 20 heavy (non-hydrogen) atoms. The van der Waals surface area contributed by atoms with Gasteiger partial charge in [0.1, 0.15) is 0 Å². The number of hydrogen-bond donors (Lipinski definition) is 1. The molecule has 1 atom stereocenters. The zero-order valence-electron chi connectivity index (χ0n) is 10.8. The van der Waals surface area contributed by atoms with Gasteiger partial charge in [-0.05, 0) is 47.4 Å². The Hall–Kier alpha value is -1.40. The van der Waals surface area contributed by atoms with Crippen LogP contribution in [-0.4, -0.2) is 32.4 Å². The Morgan fingerprint density at radius 2 is 2.20 bits per heavy atom. The van der Waals surface area contributed by atoms with Crippen LogP contribution < -0.4 is 5.32 Å². The van der Waals surface area contributed by atoms with Crippen LogP contribution in [0.1, 0.15) is 16.8 Å². The molecule has 0 unspecified atom stereocenters. The van der Waals surface area contributed by atoms with Gasteiger partial charge in [0.25, 0.3) is 5.91 Å². The summed E-state index contributed by atoms with van der Waals surface area (Å²) < 4.78 is 23.9. The molecule has 1 aliphatic heterocycles. The van der Waals surface area contributed by atoms with Gasteiger partial charge in [-0.3, -0.25) is 4.79 Å². The summed E-state index contributed by atoms with van der Waals surface area (Å²) in [4.78, 5) is 12.1. The molecule has 0 bridgehead atoms. The number of rotatable bonds is 3. The van der Waals surface area contributed by atoms with Gasteiger partial charge in [-0.1, -0.05) is 0 Å². The second kappa shape index (κ2) is 5.18. The van der Waals surface area contributed by atoms with Crippen LogP contribution in [0.15, 0.2) is 29.6 Å². The van der Waals surface area contributed by atoms with Crippen LogP contribution in [0.2, 0.25) is 0 Å². The van der Waals surface area contributed by atoms with Crippen molar-refractivity contribution in [2.75, 3.05) is 18.1 Å². The molecule has 1 aliphatic rings. The molecule has 0 radical (unpaired) electrons. The van der Waals surface area contributed by atoms with E-state index in [0.717, 1.165) is 10.1 Å². The third-order valence-electron chi connectivity index (χ3n) is 3.59. The van der Waals surface area contributed by atoms with Gasteiger partial charge in [-0.2, -0.15) is 0 Å². The minimum Gasteiger partial charge on any atom is -0.352 e. The second-order valence-corrected chi connectivity index (χ2v) is 8.33. The Bertz CT molecular complexity index is 749. The topological polar surface area (TPSA) is 63.2 Å². The van der Waals surface area contributed by atoms with Crippen molar-refractivity contribution in [3.63, 3.8) is 0 Å². The number of thiophene rings is 1. The number of amides is 1. The fourth-order valence-corrected chi connectivity index (χ4v) is 5.11. The molecule has 2 heterocycles. The van der Waals surface area contributed by atoms with Crippen LogP contribution in [-0.2, 0) is 9.84 Å². The van der Waals surface area contributed by atoms with Crippen LogP contribution in [0.25, 0.3) is 10.1 Å². The van der Waals surface area contributed by atoms with Gasteiger partial charge in [0.2, 0.25) is 0 Å². The van der Waals surface area contributed by atoms with Crippen LogP contribution in [0.4, 0.5) is 0 Å². The third-order valence-corrected chi connectivity index (χ3v) is 6.33. The summed E-state index contributed by atoms with van der Waals surface area (Å²) in [5.41, 5.74) is 0.622. The van der Waals surface area contributed by atoms with E-state index in [1.54, 1.807) is 17.4 Å². The maximum atomic E-state index is 12.1. The van der Waals surface area contributed by atoms with Crippen molar-refractivity contribution in [1.82, 2.24) is 5.32 Å². The number of fused-ring (bicyclic) bond motifs is 1. The Morgan fingerprint density at radius 1 is 1.35 bits per heavy atom. The standard InChI is InChI=1S/C14H15NO3S2/c16-14(15-8-10-4-6-20(17,18)9-10)12-1-2-13-11(7-12)3-5-19-13/h1-3,5,7,10H,4,6,8-9H2,(H,15,16)/t10-/m1/s1. The quantitative estimate of drug-likeness (QED) is 0.944. The highest BCUT2D eigenvalue weighted by atomic mass is 32.2. The van der Waals surface area contributed by atoms with Gasteiger partial charge in [0, 0.05) is 16.8 Å². The Labute approximate surface area is 121 Å². The first kappa shape index (κ1) is 13.6. The number of sulfone groups is 1. The molecule has 6 heteroatoms. The van der Waals surface area contributed by atoms with Crippen LogP contribution in [0.5, 0.6) is 0 Å². The van der Waals surface area contributed by atoms with Gasteiger partial charge in [-0.25, -0.2) is 8.42 Å². The zero-order valence-corrected chi connectivity index (χ0v) is 12.5. The molecule has 1 fully saturated rings. The zero-order chi connectivity index (χ0) is 14.2. The van der Waals surface area contributed by atoms with E-state index in [9.17, 15) is 13.2 Å². The SMILES string of the molecule is O=C(NC[C@H]1CCS(=O)(=O)C1)c1ccc2sccc2c1. The van der Waals surface area contributed by atoms with Crippen molar-refractivity contribution in [3.05, 3.63) is 35.2 Å². The van der Waals surface area contributed by atoms with Gasteiger partial charge in [0.15, 0.2) is 9.84 Å². The molecule has 106 valence electrons. The molecule has 1 saturated heterocycles. The van der Waals surface area contributed by atoms with Crippen molar-refractivity contribution in [2.45, 2.75) is 6.42 Å². The molecule has 1 aromatic heterocycles. The van der Waals surface area contributed by atoms with E-state index in [2.05, 4.69) is 5.32 Å². The molecule has 1 aromatic carbocycles. The summed E-state index contributed by atoms with van der Waals surface area (Å²) in [7, 11) is -2.88. The highest BCUT2D eigenvalue weighted by molar-refractivity contribution is 7.91. The maximum absolute atomic E-state index is 12.1. The number of nitrogens with one attached hydrogen (secondary N) is 1. The lowest BCUT2D eigenvalue weighted by Gasteiger charge is -2.09. The van der Waals surface area contributed by atoms with E-state index in [4.69, 9.17) is 0 Å². The predicted molar refractivity (Wildman–Crippen MR) is 80.9 cm³/mol. The first-order valence-electron chi connectivity index (χ1n) is 6.49. The first-order chi connectivity index (χ1) is 9.53. The van der Waals surface area contributed by atoms with Crippen LogP contribution >= 0.6 is 11.3 Å². The molecule has 0 saturated carbocycles. The fourth-order valence-electron chi connectivity index (χ4n) is 2.48. The van der Waals surface area contributed by atoms with Crippen molar-refractivity contribution in [1.29, 1.82) is 0 Å². The van der Waals surface area contributed by atoms with Crippen molar-refractivity contribution in [3.8, 4) is 0 Å². The summed E-state index contributed by atoms with van der Waals surface area (Å²) >= 11 is 1.64. The highest BCUT2D eigenvalue weighted by Gasteiger charge is 2.27. The molecule has 0 spiro atoms. The molecule has 2 aromatic rings. The molecule has 1 amide bonds. The van der Waals surface area contributed by atoms with Crippen LogP contribution in [0.3, 0.4) is 0 Å². The van der Waals surface area contributed by atoms with E-state index in [0.29, 0.717) is 18.5 Å². The number of benzene rings is 1. The summed E-state index contributed by atoms with van der Waals surface area (Å²) in [6, 6.07) is 7.60. The minimum atomic E-state index is -2.88. The largest absolute Gasteiger partial charge is 0.352 e. The molecule has 3 rings (SSSR count). The Morgan fingerprint density at radius 3 is 2.95 bits per heavy atom. The Kier molecular flexibility index (Phi) is 3.52. The lowest BCUT2D eigenvalue weighted by atomic mass is 10.1. The average Bonchev–Trinajstić information content (AvgIpc) is 3.01. The number of hydrogen-bond acceptors (Lipinski definition) is 4. The van der Waals surface area contributed by atoms with E-state index in [1.165, 1.54) is 0 Å². The normalized spacial score (nSPS) is 21.1. The van der Waals surface area contributed by atoms with Crippen molar-refractivity contribution in [2.24, 2.45) is 5.92 Å². The van der Waals surface area contributed by atoms with Gasteiger partial charge in [0.05, 0.1) is 11.5 Å². The third kappa shape index (κ3) is 2.86. The van der Waals surface area contributed by atoms with E-state index in [-0.39, 0.29) is 23.3 Å². The molecule has 0 aliphatic carbocycles. The van der Waals surface area contributed by atoms with E-state index in [1.807, 2.05) is 23.6 Å². The minimum absolute atomic E-state index is 0.0498. The summed E-state index contributed by atoms with van der Waals surface area (Å²) in [6.45, 7) is 0.430. The number of carbonyl (C=O) groups is 1. The molecule has 4 nitrogen and oxygen atoms in total. The van der Waals surface area contributed by atoms with Crippen LogP contribution in [0, 0.1) is 5.92 Å². The van der Waals surface area contributed by atoms with Gasteiger partial charge >= 0.3 is 0 Å². The maximum Gasteiger partial charge on any atom is 0.251 e. The van der Waals surface area contributed by atoms with Crippen molar-refractivity contribution >= 4 is 37.2 Å². The van der Waals surface area contributed by atoms with Crippen molar-refractivity contribution < 1.29 is 13.2 Å². The summed E-state index contributed by atoms with van der Waals surface area (Å²) in [5, 5.41) is 5.89. The lowest BCUT2D eigenvalue weighted by molar-refractivity contribution is 0.0948. The smallest absolute Gasteiger partial charge is 0.251 e. The fraction of sp³-hybridized carbons (Fsp3) is 0.357. The Balaban J connectivity index is 1.64. The van der Waals surface area contributed by atoms with E-state index < -0.39 is 9.84 Å². The number of carbonyl (C=O) groups excluding carboxylic acids is 1. The highest BCUT2D eigenvalue weighted by Crippen LogP contribution is 2.22. The molecule has 1 N–H and O–H groups in total. The van der Waals surface area contributed by atoms with Gasteiger partial charge < -0.3 is 5.32 Å². The summed E-state index contributed by atoms with van der Waals surface area (Å²) in [6.07, 6.45) is 0.645. The lowest BCUT2D eigenvalue weighted by Crippen LogP contribution is -2.29. The second-order valence-electron chi connectivity index (χ2n) is 5.15.